The van der Waals surface area contributed by atoms with Gasteiger partial charge in [-0.25, -0.2) is 9.59 Å². The lowest BCUT2D eigenvalue weighted by atomic mass is 9.58. The number of benzene rings is 1. The second-order valence-electron chi connectivity index (χ2n) is 13.4. The molecular formula is C32H52N2O4. The van der Waals surface area contributed by atoms with Gasteiger partial charge in [0.05, 0.1) is 11.1 Å². The first-order valence-corrected chi connectivity index (χ1v) is 14.8. The van der Waals surface area contributed by atoms with Crippen LogP contribution in [0.1, 0.15) is 151 Å². The molecule has 6 heteroatoms. The normalized spacial score (nSPS) is 39.6. The largest absolute Gasteiger partial charge is 0.478 e. The quantitative estimate of drug-likeness (QED) is 0.285. The SMILES string of the molecule is CCC1(C)CC(c2c(C(=O)O)ccc(C(=O)O)c2C2CC(C)(CC)NC(C)(CC)C2C)C(C)C(C)(CC)N1. The van der Waals surface area contributed by atoms with Crippen molar-refractivity contribution in [2.45, 2.75) is 142 Å². The molecule has 1 aromatic rings. The highest BCUT2D eigenvalue weighted by molar-refractivity contribution is 5.95. The molecule has 4 N–H and O–H groups in total. The van der Waals surface area contributed by atoms with Gasteiger partial charge in [-0.3, -0.25) is 0 Å². The first kappa shape index (κ1) is 30.6. The summed E-state index contributed by atoms with van der Waals surface area (Å²) in [4.78, 5) is 25.6. The van der Waals surface area contributed by atoms with Crippen molar-refractivity contribution in [2.75, 3.05) is 0 Å². The zero-order valence-corrected chi connectivity index (χ0v) is 25.4. The number of hydrogen-bond acceptors (Lipinski definition) is 4. The Bertz CT molecular complexity index is 989. The van der Waals surface area contributed by atoms with Crippen LogP contribution in [0, 0.1) is 11.8 Å². The Labute approximate surface area is 230 Å². The van der Waals surface area contributed by atoms with E-state index in [-0.39, 0.29) is 57.0 Å². The van der Waals surface area contributed by atoms with Crippen LogP contribution in [-0.2, 0) is 0 Å². The second kappa shape index (κ2) is 10.6. The van der Waals surface area contributed by atoms with Crippen molar-refractivity contribution in [2.24, 2.45) is 11.8 Å². The van der Waals surface area contributed by atoms with Crippen LogP contribution < -0.4 is 10.6 Å². The minimum Gasteiger partial charge on any atom is -0.478 e. The van der Waals surface area contributed by atoms with Gasteiger partial charge in [0, 0.05) is 22.2 Å². The molecule has 3 rings (SSSR count). The molecule has 0 bridgehead atoms. The Hall–Kier alpha value is -1.92. The molecule has 0 radical (unpaired) electrons. The molecule has 0 amide bonds. The van der Waals surface area contributed by atoms with Crippen LogP contribution >= 0.6 is 0 Å². The smallest absolute Gasteiger partial charge is 0.335 e. The van der Waals surface area contributed by atoms with Gasteiger partial charge < -0.3 is 20.8 Å². The maximum Gasteiger partial charge on any atom is 0.335 e. The Morgan fingerprint density at radius 2 is 1.03 bits per heavy atom. The summed E-state index contributed by atoms with van der Waals surface area (Å²) in [5, 5.41) is 28.8. The number of aromatic carboxylic acids is 2. The first-order chi connectivity index (χ1) is 17.5. The molecule has 0 aliphatic carbocycles. The Morgan fingerprint density at radius 3 is 1.26 bits per heavy atom. The van der Waals surface area contributed by atoms with E-state index in [1.807, 2.05) is 0 Å². The van der Waals surface area contributed by atoms with Crippen molar-refractivity contribution >= 4 is 11.9 Å². The van der Waals surface area contributed by atoms with Gasteiger partial charge in [0.2, 0.25) is 0 Å². The molecule has 2 fully saturated rings. The van der Waals surface area contributed by atoms with E-state index in [9.17, 15) is 19.8 Å². The number of carboxylic acid groups (broad SMARTS) is 2. The molecule has 1 aromatic carbocycles. The predicted octanol–water partition coefficient (Wildman–Crippen LogP) is 7.18. The first-order valence-electron chi connectivity index (χ1n) is 14.8. The minimum atomic E-state index is -0.974. The average Bonchev–Trinajstić information content (AvgIpc) is 2.87. The number of piperidine rings is 2. The Morgan fingerprint density at radius 1 is 0.711 bits per heavy atom. The van der Waals surface area contributed by atoms with Crippen LogP contribution in [-0.4, -0.2) is 44.3 Å². The summed E-state index contributed by atoms with van der Waals surface area (Å²) in [6.07, 6.45) is 5.17. The molecule has 2 aliphatic rings. The molecule has 2 aliphatic heterocycles. The molecule has 214 valence electrons. The fraction of sp³-hybridized carbons (Fsp3) is 0.750. The van der Waals surface area contributed by atoms with E-state index in [0.717, 1.165) is 49.7 Å². The van der Waals surface area contributed by atoms with Gasteiger partial charge in [0.15, 0.2) is 0 Å². The summed E-state index contributed by atoms with van der Waals surface area (Å²) in [6.45, 7) is 22.1. The van der Waals surface area contributed by atoms with Crippen LogP contribution in [0.2, 0.25) is 0 Å². The van der Waals surface area contributed by atoms with E-state index in [4.69, 9.17) is 0 Å². The number of rotatable bonds is 8. The molecular weight excluding hydrogens is 476 g/mol. The van der Waals surface area contributed by atoms with E-state index in [0.29, 0.717) is 0 Å². The molecule has 6 nitrogen and oxygen atoms in total. The average molecular weight is 529 g/mol. The van der Waals surface area contributed by atoms with Crippen molar-refractivity contribution in [3.8, 4) is 0 Å². The van der Waals surface area contributed by atoms with Crippen LogP contribution in [0.15, 0.2) is 12.1 Å². The number of carbonyl (C=O) groups is 2. The van der Waals surface area contributed by atoms with Crippen LogP contribution in [0.4, 0.5) is 0 Å². The number of carboxylic acids is 2. The summed E-state index contributed by atoms with van der Waals surface area (Å²) in [5.41, 5.74) is 1.31. The molecule has 0 saturated carbocycles. The van der Waals surface area contributed by atoms with Gasteiger partial charge >= 0.3 is 11.9 Å². The van der Waals surface area contributed by atoms with Gasteiger partial charge in [0.25, 0.3) is 0 Å². The highest BCUT2D eigenvalue weighted by Gasteiger charge is 2.52. The maximum atomic E-state index is 12.8. The van der Waals surface area contributed by atoms with E-state index in [1.165, 1.54) is 0 Å². The predicted molar refractivity (Wildman–Crippen MR) is 154 cm³/mol. The Balaban J connectivity index is 2.42. The standard InChI is InChI=1S/C32H52N2O4/c1-11-29(7)17-23(19(5)31(9,13-3)33-29)25-21(27(35)36)15-16-22(28(37)38)26(25)24-18-30(8,12-2)34-32(10,14-4)20(24)6/h15-16,19-20,23-24,33-34H,11-14,17-18H2,1-10H3,(H,35,36)(H,37,38). The molecule has 8 atom stereocenters. The molecule has 2 heterocycles. The summed E-state index contributed by atoms with van der Waals surface area (Å²) in [7, 11) is 0. The summed E-state index contributed by atoms with van der Waals surface area (Å²) < 4.78 is 0. The fourth-order valence-corrected chi connectivity index (χ4v) is 7.72. The molecule has 38 heavy (non-hydrogen) atoms. The lowest BCUT2D eigenvalue weighted by Crippen LogP contribution is -2.64. The monoisotopic (exact) mass is 528 g/mol. The van der Waals surface area contributed by atoms with Crippen LogP contribution in [0.3, 0.4) is 0 Å². The van der Waals surface area contributed by atoms with Crippen LogP contribution in [0.25, 0.3) is 0 Å². The van der Waals surface area contributed by atoms with Gasteiger partial charge in [-0.05, 0) is 113 Å². The van der Waals surface area contributed by atoms with E-state index < -0.39 is 11.9 Å². The fourth-order valence-electron chi connectivity index (χ4n) is 7.72. The zero-order valence-electron chi connectivity index (χ0n) is 25.4. The molecule has 8 unspecified atom stereocenters. The third-order valence-corrected chi connectivity index (χ3v) is 11.3. The van der Waals surface area contributed by atoms with Crippen molar-refractivity contribution in [3.05, 3.63) is 34.4 Å². The number of nitrogens with one attached hydrogen (secondary N) is 2. The van der Waals surface area contributed by atoms with Gasteiger partial charge in [-0.1, -0.05) is 41.5 Å². The van der Waals surface area contributed by atoms with Crippen molar-refractivity contribution in [1.82, 2.24) is 10.6 Å². The third-order valence-electron chi connectivity index (χ3n) is 11.3. The van der Waals surface area contributed by atoms with Gasteiger partial charge in [-0.15, -0.1) is 0 Å². The maximum absolute atomic E-state index is 12.8. The molecule has 0 aromatic heterocycles. The van der Waals surface area contributed by atoms with Crippen LogP contribution in [0.5, 0.6) is 0 Å². The third kappa shape index (κ3) is 5.15. The molecule has 0 spiro atoms. The molecule has 2 saturated heterocycles. The highest BCUT2D eigenvalue weighted by Crippen LogP contribution is 2.53. The second-order valence-corrected chi connectivity index (χ2v) is 13.4. The van der Waals surface area contributed by atoms with Crippen molar-refractivity contribution in [1.29, 1.82) is 0 Å². The van der Waals surface area contributed by atoms with E-state index in [2.05, 4.69) is 79.9 Å². The van der Waals surface area contributed by atoms with E-state index >= 15 is 0 Å². The van der Waals surface area contributed by atoms with Gasteiger partial charge in [0.1, 0.15) is 0 Å². The summed E-state index contributed by atoms with van der Waals surface area (Å²) >= 11 is 0. The van der Waals surface area contributed by atoms with E-state index in [1.54, 1.807) is 12.1 Å². The summed E-state index contributed by atoms with van der Waals surface area (Å²) in [5.74, 6) is -1.85. The topological polar surface area (TPSA) is 98.7 Å². The number of hydrogen-bond donors (Lipinski definition) is 4. The van der Waals surface area contributed by atoms with Crippen molar-refractivity contribution in [3.63, 3.8) is 0 Å². The highest BCUT2D eigenvalue weighted by atomic mass is 16.4. The Kier molecular flexibility index (Phi) is 8.52. The summed E-state index contributed by atoms with van der Waals surface area (Å²) in [6, 6.07) is 3.10. The lowest BCUT2D eigenvalue weighted by Gasteiger charge is -2.56. The zero-order chi connectivity index (χ0) is 28.8. The lowest BCUT2D eigenvalue weighted by molar-refractivity contribution is 0.0579. The minimum absolute atomic E-state index is 0.0746. The van der Waals surface area contributed by atoms with Crippen molar-refractivity contribution < 1.29 is 19.8 Å². The van der Waals surface area contributed by atoms with Gasteiger partial charge in [-0.2, -0.15) is 0 Å².